The first kappa shape index (κ1) is 17.8. The second-order valence-corrected chi connectivity index (χ2v) is 6.93. The third kappa shape index (κ3) is 5.47. The standard InChI is InChI=1S/C18H18ClNO4S/c19-13-5-7-14(8-6-13)20-18(21)22-9-10-25-12-15-11-23-16-3-1-2-4-17(16)24-15/h1-8,15H,9-12H2,(H,20,21). The van der Waals surface area contributed by atoms with E-state index in [-0.39, 0.29) is 6.10 Å². The van der Waals surface area contributed by atoms with E-state index >= 15 is 0 Å². The Morgan fingerprint density at radius 3 is 2.76 bits per heavy atom. The van der Waals surface area contributed by atoms with E-state index in [4.69, 9.17) is 25.8 Å². The minimum Gasteiger partial charge on any atom is -0.486 e. The first-order valence-corrected chi connectivity index (χ1v) is 9.39. The normalized spacial score (nSPS) is 15.5. The van der Waals surface area contributed by atoms with Crippen molar-refractivity contribution in [1.82, 2.24) is 0 Å². The molecular weight excluding hydrogens is 362 g/mol. The highest BCUT2D eigenvalue weighted by Gasteiger charge is 2.20. The lowest BCUT2D eigenvalue weighted by atomic mass is 10.3. The number of rotatable bonds is 6. The number of hydrogen-bond donors (Lipinski definition) is 1. The van der Waals surface area contributed by atoms with Crippen molar-refractivity contribution in [3.8, 4) is 11.5 Å². The first-order chi connectivity index (χ1) is 12.2. The Hall–Kier alpha value is -2.05. The highest BCUT2D eigenvalue weighted by molar-refractivity contribution is 7.99. The SMILES string of the molecule is O=C(Nc1ccc(Cl)cc1)OCCSCC1COc2ccccc2O1. The van der Waals surface area contributed by atoms with Crippen molar-refractivity contribution >= 4 is 35.1 Å². The molecule has 0 aliphatic carbocycles. The number of nitrogens with one attached hydrogen (secondary N) is 1. The fraction of sp³-hybridized carbons (Fsp3) is 0.278. The van der Waals surface area contributed by atoms with Gasteiger partial charge in [0.25, 0.3) is 0 Å². The molecule has 2 aromatic carbocycles. The van der Waals surface area contributed by atoms with Crippen LogP contribution in [0.3, 0.4) is 0 Å². The van der Waals surface area contributed by atoms with E-state index in [0.717, 1.165) is 17.3 Å². The van der Waals surface area contributed by atoms with Crippen LogP contribution in [-0.4, -0.2) is 36.9 Å². The molecule has 5 nitrogen and oxygen atoms in total. The lowest BCUT2D eigenvalue weighted by molar-refractivity contribution is 0.107. The number of ether oxygens (including phenoxy) is 3. The third-order valence-electron chi connectivity index (χ3n) is 3.42. The molecule has 0 spiro atoms. The van der Waals surface area contributed by atoms with E-state index in [1.54, 1.807) is 36.0 Å². The second kappa shape index (κ2) is 8.87. The van der Waals surface area contributed by atoms with Crippen molar-refractivity contribution in [3.63, 3.8) is 0 Å². The molecule has 2 aromatic rings. The van der Waals surface area contributed by atoms with Gasteiger partial charge in [-0.15, -0.1) is 0 Å². The smallest absolute Gasteiger partial charge is 0.411 e. The van der Waals surface area contributed by atoms with Crippen LogP contribution in [0.4, 0.5) is 10.5 Å². The zero-order valence-electron chi connectivity index (χ0n) is 13.4. The van der Waals surface area contributed by atoms with Crippen molar-refractivity contribution in [3.05, 3.63) is 53.6 Å². The maximum Gasteiger partial charge on any atom is 0.411 e. The summed E-state index contributed by atoms with van der Waals surface area (Å²) in [5.41, 5.74) is 0.647. The van der Waals surface area contributed by atoms with Crippen LogP contribution >= 0.6 is 23.4 Å². The van der Waals surface area contributed by atoms with Gasteiger partial charge >= 0.3 is 6.09 Å². The fourth-order valence-electron chi connectivity index (χ4n) is 2.24. The van der Waals surface area contributed by atoms with E-state index in [0.29, 0.717) is 29.7 Å². The molecule has 1 N–H and O–H groups in total. The molecule has 132 valence electrons. The summed E-state index contributed by atoms with van der Waals surface area (Å²) in [6.45, 7) is 0.857. The van der Waals surface area contributed by atoms with Gasteiger partial charge in [-0.3, -0.25) is 5.32 Å². The average molecular weight is 380 g/mol. The highest BCUT2D eigenvalue weighted by atomic mass is 35.5. The van der Waals surface area contributed by atoms with Crippen molar-refractivity contribution in [2.45, 2.75) is 6.10 Å². The molecule has 1 aliphatic rings. The van der Waals surface area contributed by atoms with Gasteiger partial charge in [0.05, 0.1) is 0 Å². The molecular formula is C18H18ClNO4S. The Morgan fingerprint density at radius 2 is 1.96 bits per heavy atom. The fourth-order valence-corrected chi connectivity index (χ4v) is 3.16. The molecule has 1 heterocycles. The molecule has 7 heteroatoms. The molecule has 3 rings (SSSR count). The minimum atomic E-state index is -0.478. The molecule has 0 aromatic heterocycles. The Labute approximate surface area is 155 Å². The maximum atomic E-state index is 11.7. The molecule has 1 unspecified atom stereocenters. The number of carbonyl (C=O) groups is 1. The van der Waals surface area contributed by atoms with Gasteiger partial charge in [-0.25, -0.2) is 4.79 Å². The van der Waals surface area contributed by atoms with Crippen molar-refractivity contribution in [2.24, 2.45) is 0 Å². The first-order valence-electron chi connectivity index (χ1n) is 7.86. The van der Waals surface area contributed by atoms with Crippen molar-refractivity contribution < 1.29 is 19.0 Å². The predicted molar refractivity (Wildman–Crippen MR) is 100 cm³/mol. The van der Waals surface area contributed by atoms with Gasteiger partial charge in [0.15, 0.2) is 11.5 Å². The summed E-state index contributed by atoms with van der Waals surface area (Å²) in [5, 5.41) is 3.26. The molecule has 0 fully saturated rings. The summed E-state index contributed by atoms with van der Waals surface area (Å²) in [7, 11) is 0. The van der Waals surface area contributed by atoms with Crippen LogP contribution in [0, 0.1) is 0 Å². The number of para-hydroxylation sites is 2. The van der Waals surface area contributed by atoms with Gasteiger partial charge in [0.2, 0.25) is 0 Å². The largest absolute Gasteiger partial charge is 0.486 e. The summed E-state index contributed by atoms with van der Waals surface area (Å²) >= 11 is 7.45. The van der Waals surface area contributed by atoms with Crippen molar-refractivity contribution in [1.29, 1.82) is 0 Å². The summed E-state index contributed by atoms with van der Waals surface area (Å²) in [6.07, 6.45) is -0.475. The van der Waals surface area contributed by atoms with Crippen LogP contribution in [0.1, 0.15) is 0 Å². The van der Waals surface area contributed by atoms with Crippen LogP contribution in [0.15, 0.2) is 48.5 Å². The minimum absolute atomic E-state index is 0.00259. The van der Waals surface area contributed by atoms with E-state index in [1.165, 1.54) is 0 Å². The van der Waals surface area contributed by atoms with E-state index < -0.39 is 6.09 Å². The lowest BCUT2D eigenvalue weighted by Crippen LogP contribution is -2.31. The highest BCUT2D eigenvalue weighted by Crippen LogP contribution is 2.31. The third-order valence-corrected chi connectivity index (χ3v) is 4.74. The summed E-state index contributed by atoms with van der Waals surface area (Å²) < 4.78 is 16.7. The summed E-state index contributed by atoms with van der Waals surface area (Å²) in [5.74, 6) is 3.02. The maximum absolute atomic E-state index is 11.7. The van der Waals surface area contributed by atoms with Gasteiger partial charge in [-0.05, 0) is 36.4 Å². The number of amides is 1. The van der Waals surface area contributed by atoms with E-state index in [1.807, 2.05) is 24.3 Å². The number of halogens is 1. The number of anilines is 1. The molecule has 0 saturated carbocycles. The Kier molecular flexibility index (Phi) is 6.30. The molecule has 25 heavy (non-hydrogen) atoms. The monoisotopic (exact) mass is 379 g/mol. The van der Waals surface area contributed by atoms with Gasteiger partial charge in [-0.2, -0.15) is 11.8 Å². The number of fused-ring (bicyclic) bond motifs is 1. The lowest BCUT2D eigenvalue weighted by Gasteiger charge is -2.26. The second-order valence-electron chi connectivity index (χ2n) is 5.34. The van der Waals surface area contributed by atoms with Crippen molar-refractivity contribution in [2.75, 3.05) is 30.0 Å². The number of thioether (sulfide) groups is 1. The number of benzene rings is 2. The molecule has 1 aliphatic heterocycles. The van der Waals surface area contributed by atoms with Gasteiger partial charge in [-0.1, -0.05) is 23.7 Å². The zero-order chi connectivity index (χ0) is 17.5. The molecule has 0 radical (unpaired) electrons. The molecule has 0 saturated heterocycles. The van der Waals surface area contributed by atoms with Crippen LogP contribution in [0.5, 0.6) is 11.5 Å². The van der Waals surface area contributed by atoms with E-state index in [2.05, 4.69) is 5.32 Å². The van der Waals surface area contributed by atoms with Crippen LogP contribution in [0.25, 0.3) is 0 Å². The van der Waals surface area contributed by atoms with Crippen LogP contribution in [0.2, 0.25) is 5.02 Å². The average Bonchev–Trinajstić information content (AvgIpc) is 2.63. The number of carbonyl (C=O) groups excluding carboxylic acids is 1. The molecule has 0 bridgehead atoms. The molecule has 1 amide bonds. The topological polar surface area (TPSA) is 56.8 Å². The van der Waals surface area contributed by atoms with Gasteiger partial charge in [0.1, 0.15) is 19.3 Å². The summed E-state index contributed by atoms with van der Waals surface area (Å²) in [4.78, 5) is 11.7. The Morgan fingerprint density at radius 1 is 1.20 bits per heavy atom. The quantitative estimate of drug-likeness (QED) is 0.751. The number of hydrogen-bond acceptors (Lipinski definition) is 5. The van der Waals surface area contributed by atoms with Crippen LogP contribution in [-0.2, 0) is 4.74 Å². The Bertz CT molecular complexity index is 710. The summed E-state index contributed by atoms with van der Waals surface area (Å²) in [6, 6.07) is 14.5. The zero-order valence-corrected chi connectivity index (χ0v) is 15.0. The van der Waals surface area contributed by atoms with Crippen LogP contribution < -0.4 is 14.8 Å². The van der Waals surface area contributed by atoms with Gasteiger partial charge < -0.3 is 14.2 Å². The molecule has 1 atom stereocenters. The van der Waals surface area contributed by atoms with Gasteiger partial charge in [0, 0.05) is 22.2 Å². The van der Waals surface area contributed by atoms with E-state index in [9.17, 15) is 4.79 Å². The Balaban J connectivity index is 1.30. The predicted octanol–water partition coefficient (Wildman–Crippen LogP) is 4.46.